The molecule has 5 heteroatoms. The molecule has 2 amide bonds. The second kappa shape index (κ2) is 3.48. The van der Waals surface area contributed by atoms with Gasteiger partial charge in [-0.25, -0.2) is 4.79 Å². The van der Waals surface area contributed by atoms with Crippen molar-refractivity contribution in [3.63, 3.8) is 0 Å². The predicted octanol–water partition coefficient (Wildman–Crippen LogP) is 0.265. The topological polar surface area (TPSA) is 69.6 Å². The molecule has 1 saturated carbocycles. The molecule has 1 aliphatic heterocycles. The van der Waals surface area contributed by atoms with Crippen LogP contribution in [0.2, 0.25) is 0 Å². The summed E-state index contributed by atoms with van der Waals surface area (Å²) in [7, 11) is 0. The van der Waals surface area contributed by atoms with Gasteiger partial charge in [0.15, 0.2) is 0 Å². The van der Waals surface area contributed by atoms with Gasteiger partial charge in [-0.2, -0.15) is 0 Å². The first-order valence-corrected chi connectivity index (χ1v) is 4.92. The summed E-state index contributed by atoms with van der Waals surface area (Å²) in [6, 6.07) is 0.401. The first kappa shape index (κ1) is 9.30. The summed E-state index contributed by atoms with van der Waals surface area (Å²) in [4.78, 5) is 23.1. The summed E-state index contributed by atoms with van der Waals surface area (Å²) in [6.45, 7) is 1.01. The molecule has 2 N–H and O–H groups in total. The third-order valence-electron chi connectivity index (χ3n) is 2.64. The fourth-order valence-corrected chi connectivity index (χ4v) is 1.63. The monoisotopic (exact) mass is 198 g/mol. The molecule has 2 aliphatic rings. The van der Waals surface area contributed by atoms with Crippen LogP contribution in [0.4, 0.5) is 4.79 Å². The predicted molar refractivity (Wildman–Crippen MR) is 48.9 cm³/mol. The van der Waals surface area contributed by atoms with Crippen molar-refractivity contribution in [2.24, 2.45) is 5.92 Å². The van der Waals surface area contributed by atoms with E-state index in [2.05, 4.69) is 5.32 Å². The molecule has 1 heterocycles. The highest BCUT2D eigenvalue weighted by Gasteiger charge is 2.33. The molecule has 0 spiro atoms. The van der Waals surface area contributed by atoms with Crippen LogP contribution in [0.25, 0.3) is 0 Å². The number of carboxylic acid groups (broad SMARTS) is 1. The minimum atomic E-state index is -0.885. The van der Waals surface area contributed by atoms with Gasteiger partial charge in [-0.1, -0.05) is 0 Å². The van der Waals surface area contributed by atoms with E-state index in [9.17, 15) is 9.59 Å². The normalized spacial score (nSPS) is 21.6. The van der Waals surface area contributed by atoms with Gasteiger partial charge in [-0.3, -0.25) is 4.79 Å². The highest BCUT2D eigenvalue weighted by Crippen LogP contribution is 2.21. The summed E-state index contributed by atoms with van der Waals surface area (Å²) in [6.07, 6.45) is 1.78. The van der Waals surface area contributed by atoms with Crippen LogP contribution in [0.3, 0.4) is 0 Å². The van der Waals surface area contributed by atoms with Crippen LogP contribution in [0, 0.1) is 5.92 Å². The molecular formula is C9H14N2O3. The average molecular weight is 198 g/mol. The van der Waals surface area contributed by atoms with Gasteiger partial charge in [0.1, 0.15) is 0 Å². The lowest BCUT2D eigenvalue weighted by atomic mass is 9.96. The van der Waals surface area contributed by atoms with E-state index in [-0.39, 0.29) is 11.8 Å². The van der Waals surface area contributed by atoms with Crippen molar-refractivity contribution in [1.29, 1.82) is 0 Å². The maximum absolute atomic E-state index is 11.3. The number of likely N-dealkylation sites (tertiary alicyclic amines) is 1. The molecule has 0 atom stereocenters. The molecule has 5 nitrogen and oxygen atoms in total. The highest BCUT2D eigenvalue weighted by atomic mass is 16.4. The summed E-state index contributed by atoms with van der Waals surface area (Å²) in [5, 5.41) is 11.5. The second-order valence-corrected chi connectivity index (χ2v) is 4.10. The van der Waals surface area contributed by atoms with E-state index in [0.717, 1.165) is 12.8 Å². The number of amides is 2. The Morgan fingerprint density at radius 1 is 1.36 bits per heavy atom. The second-order valence-electron chi connectivity index (χ2n) is 4.10. The van der Waals surface area contributed by atoms with Crippen LogP contribution in [0.5, 0.6) is 0 Å². The molecule has 1 saturated heterocycles. The molecule has 2 fully saturated rings. The van der Waals surface area contributed by atoms with Gasteiger partial charge in [0.05, 0.1) is 0 Å². The van der Waals surface area contributed by atoms with Crippen LogP contribution in [-0.2, 0) is 4.79 Å². The quantitative estimate of drug-likeness (QED) is 0.683. The van der Waals surface area contributed by atoms with E-state index in [1.165, 1.54) is 4.90 Å². The maximum Gasteiger partial charge on any atom is 0.407 e. The zero-order valence-electron chi connectivity index (χ0n) is 7.90. The van der Waals surface area contributed by atoms with Gasteiger partial charge in [0, 0.05) is 31.5 Å². The Bertz CT molecular complexity index is 257. The van der Waals surface area contributed by atoms with Crippen molar-refractivity contribution >= 4 is 12.0 Å². The molecule has 0 aromatic carbocycles. The summed E-state index contributed by atoms with van der Waals surface area (Å²) in [5.41, 5.74) is 0. The molecule has 0 aromatic heterocycles. The highest BCUT2D eigenvalue weighted by molar-refractivity contribution is 5.77. The molecule has 14 heavy (non-hydrogen) atoms. The first-order valence-electron chi connectivity index (χ1n) is 4.92. The van der Waals surface area contributed by atoms with Gasteiger partial charge >= 0.3 is 6.09 Å². The summed E-state index contributed by atoms with van der Waals surface area (Å²) in [5.74, 6) is 0.299. The fraction of sp³-hybridized carbons (Fsp3) is 0.778. The SMILES string of the molecule is O=C(CC1CN(C(=O)O)C1)NC1CC1. The van der Waals surface area contributed by atoms with Crippen LogP contribution in [-0.4, -0.2) is 41.1 Å². The van der Waals surface area contributed by atoms with E-state index in [1.54, 1.807) is 0 Å². The number of hydrogen-bond donors (Lipinski definition) is 2. The minimum Gasteiger partial charge on any atom is -0.465 e. The number of nitrogens with zero attached hydrogens (tertiary/aromatic N) is 1. The van der Waals surface area contributed by atoms with Crippen molar-refractivity contribution in [2.45, 2.75) is 25.3 Å². The van der Waals surface area contributed by atoms with Gasteiger partial charge in [0.25, 0.3) is 0 Å². The minimum absolute atomic E-state index is 0.0718. The molecule has 78 valence electrons. The van der Waals surface area contributed by atoms with Crippen molar-refractivity contribution in [1.82, 2.24) is 10.2 Å². The molecule has 0 unspecified atom stereocenters. The largest absolute Gasteiger partial charge is 0.465 e. The Hall–Kier alpha value is -1.26. The third kappa shape index (κ3) is 2.16. The van der Waals surface area contributed by atoms with Crippen LogP contribution < -0.4 is 5.32 Å². The first-order chi connectivity index (χ1) is 6.65. The van der Waals surface area contributed by atoms with Crippen molar-refractivity contribution in [3.8, 4) is 0 Å². The Kier molecular flexibility index (Phi) is 2.31. The number of carbonyl (C=O) groups excluding carboxylic acids is 1. The van der Waals surface area contributed by atoms with Gasteiger partial charge < -0.3 is 15.3 Å². The van der Waals surface area contributed by atoms with E-state index in [1.807, 2.05) is 0 Å². The number of nitrogens with one attached hydrogen (secondary N) is 1. The van der Waals surface area contributed by atoms with Crippen molar-refractivity contribution < 1.29 is 14.7 Å². The van der Waals surface area contributed by atoms with Gasteiger partial charge in [0.2, 0.25) is 5.91 Å². The molecule has 1 aliphatic carbocycles. The lowest BCUT2D eigenvalue weighted by Crippen LogP contribution is -2.50. The van der Waals surface area contributed by atoms with E-state index >= 15 is 0 Å². The van der Waals surface area contributed by atoms with Gasteiger partial charge in [-0.15, -0.1) is 0 Å². The van der Waals surface area contributed by atoms with Crippen molar-refractivity contribution in [2.75, 3.05) is 13.1 Å². The summed E-state index contributed by atoms with van der Waals surface area (Å²) >= 11 is 0. The van der Waals surface area contributed by atoms with Crippen LogP contribution in [0.1, 0.15) is 19.3 Å². The van der Waals surface area contributed by atoms with Crippen LogP contribution >= 0.6 is 0 Å². The van der Waals surface area contributed by atoms with Crippen LogP contribution in [0.15, 0.2) is 0 Å². The Balaban J connectivity index is 1.62. The smallest absolute Gasteiger partial charge is 0.407 e. The zero-order chi connectivity index (χ0) is 10.1. The summed E-state index contributed by atoms with van der Waals surface area (Å²) < 4.78 is 0. The Morgan fingerprint density at radius 2 is 2.00 bits per heavy atom. The molecule has 0 radical (unpaired) electrons. The number of rotatable bonds is 3. The van der Waals surface area contributed by atoms with E-state index < -0.39 is 6.09 Å². The Labute approximate surface area is 82.1 Å². The standard InChI is InChI=1S/C9H14N2O3/c12-8(10-7-1-2-7)3-6-4-11(5-6)9(13)14/h6-7H,1-5H2,(H,10,12)(H,13,14). The van der Waals surface area contributed by atoms with Crippen molar-refractivity contribution in [3.05, 3.63) is 0 Å². The average Bonchev–Trinajstić information content (AvgIpc) is 2.78. The Morgan fingerprint density at radius 3 is 2.50 bits per heavy atom. The van der Waals surface area contributed by atoms with E-state index in [0.29, 0.717) is 25.6 Å². The van der Waals surface area contributed by atoms with E-state index in [4.69, 9.17) is 5.11 Å². The lowest BCUT2D eigenvalue weighted by Gasteiger charge is -2.36. The third-order valence-corrected chi connectivity index (χ3v) is 2.64. The number of hydrogen-bond acceptors (Lipinski definition) is 2. The van der Waals surface area contributed by atoms with Gasteiger partial charge in [-0.05, 0) is 12.8 Å². The fourth-order valence-electron chi connectivity index (χ4n) is 1.63. The lowest BCUT2D eigenvalue weighted by molar-refractivity contribution is -0.123. The molecule has 0 bridgehead atoms. The number of carbonyl (C=O) groups is 2. The molecule has 2 rings (SSSR count). The molecule has 0 aromatic rings. The zero-order valence-corrected chi connectivity index (χ0v) is 7.90. The molecular weight excluding hydrogens is 184 g/mol. The maximum atomic E-state index is 11.3.